The number of phosphoric ester groups is 2. The molecule has 0 spiro atoms. The topological polar surface area (TPSA) is 237 Å². The minimum Gasteiger partial charge on any atom is -0.462 e. The average Bonchev–Trinajstić information content (AvgIpc) is 3.71. The van der Waals surface area contributed by atoms with Crippen molar-refractivity contribution in [2.75, 3.05) is 39.6 Å². The van der Waals surface area contributed by atoms with E-state index >= 15 is 0 Å². The van der Waals surface area contributed by atoms with Crippen molar-refractivity contribution in [2.45, 2.75) is 368 Å². The number of rotatable bonds is 68. The van der Waals surface area contributed by atoms with E-state index in [1.165, 1.54) is 167 Å². The van der Waals surface area contributed by atoms with Crippen molar-refractivity contribution in [3.63, 3.8) is 0 Å². The predicted octanol–water partition coefficient (Wildman–Crippen LogP) is 19.6. The molecule has 522 valence electrons. The Hall–Kier alpha value is -1.94. The summed E-state index contributed by atoms with van der Waals surface area (Å²) in [5.41, 5.74) is 0. The van der Waals surface area contributed by atoms with E-state index in [-0.39, 0.29) is 25.7 Å². The summed E-state index contributed by atoms with van der Waals surface area (Å²) in [7, 11) is -9.90. The van der Waals surface area contributed by atoms with Crippen LogP contribution >= 0.6 is 15.6 Å². The van der Waals surface area contributed by atoms with E-state index in [0.717, 1.165) is 102 Å². The molecular formula is C69H134O17P2. The maximum absolute atomic E-state index is 13.0. The van der Waals surface area contributed by atoms with Crippen LogP contribution in [0.2, 0.25) is 0 Å². The van der Waals surface area contributed by atoms with Gasteiger partial charge < -0.3 is 33.8 Å². The van der Waals surface area contributed by atoms with Gasteiger partial charge in [-0.1, -0.05) is 298 Å². The van der Waals surface area contributed by atoms with Crippen LogP contribution in [-0.4, -0.2) is 96.7 Å². The molecule has 0 fully saturated rings. The van der Waals surface area contributed by atoms with E-state index < -0.39 is 97.5 Å². The number of aliphatic hydroxyl groups is 1. The summed E-state index contributed by atoms with van der Waals surface area (Å²) >= 11 is 0. The van der Waals surface area contributed by atoms with Gasteiger partial charge >= 0.3 is 39.5 Å². The summed E-state index contributed by atoms with van der Waals surface area (Å²) in [6.07, 6.45) is 45.6. The Balaban J connectivity index is 5.26. The SMILES string of the molecule is CCCCCCCCCCCCCCCC(=O)O[C@H](COC(=O)CCCCCCCCCCCC(C)C)COP(=O)(O)OC[C@@H](O)COP(=O)(O)OC[C@@H](COC(=O)CCCCCCCCCCCCC)OC(=O)CCCCCCCCCCC(C)CC. The van der Waals surface area contributed by atoms with E-state index in [1.54, 1.807) is 0 Å². The van der Waals surface area contributed by atoms with Crippen LogP contribution < -0.4 is 0 Å². The second-order valence-electron chi connectivity index (χ2n) is 25.6. The highest BCUT2D eigenvalue weighted by Gasteiger charge is 2.30. The number of esters is 4. The van der Waals surface area contributed by atoms with Gasteiger partial charge in [-0.2, -0.15) is 0 Å². The molecule has 0 saturated heterocycles. The first-order chi connectivity index (χ1) is 42.4. The highest BCUT2D eigenvalue weighted by Crippen LogP contribution is 2.45. The van der Waals surface area contributed by atoms with Crippen LogP contribution in [0.5, 0.6) is 0 Å². The molecule has 0 amide bonds. The second-order valence-corrected chi connectivity index (χ2v) is 28.5. The number of hydrogen-bond donors (Lipinski definition) is 3. The third kappa shape index (κ3) is 61.6. The first-order valence-corrected chi connectivity index (χ1v) is 39.0. The van der Waals surface area contributed by atoms with Gasteiger partial charge in [0.2, 0.25) is 0 Å². The molecule has 6 atom stereocenters. The molecule has 0 heterocycles. The number of aliphatic hydroxyl groups excluding tert-OH is 1. The molecule has 3 N–H and O–H groups in total. The number of ether oxygens (including phenoxy) is 4. The van der Waals surface area contributed by atoms with Gasteiger partial charge in [0, 0.05) is 25.7 Å². The molecule has 0 saturated carbocycles. The van der Waals surface area contributed by atoms with E-state index in [9.17, 15) is 43.2 Å². The van der Waals surface area contributed by atoms with Crippen LogP contribution in [0.25, 0.3) is 0 Å². The van der Waals surface area contributed by atoms with Crippen LogP contribution in [0.3, 0.4) is 0 Å². The zero-order valence-corrected chi connectivity index (χ0v) is 58.8. The van der Waals surface area contributed by atoms with Crippen LogP contribution in [-0.2, 0) is 65.4 Å². The largest absolute Gasteiger partial charge is 0.472 e. The summed E-state index contributed by atoms with van der Waals surface area (Å²) in [4.78, 5) is 72.5. The highest BCUT2D eigenvalue weighted by atomic mass is 31.2. The van der Waals surface area contributed by atoms with Crippen molar-refractivity contribution in [1.29, 1.82) is 0 Å². The summed E-state index contributed by atoms with van der Waals surface area (Å²) < 4.78 is 68.3. The van der Waals surface area contributed by atoms with Crippen molar-refractivity contribution < 1.29 is 80.2 Å². The van der Waals surface area contributed by atoms with Gasteiger partial charge in [0.15, 0.2) is 12.2 Å². The first kappa shape index (κ1) is 86.1. The Morgan fingerprint density at radius 2 is 0.580 bits per heavy atom. The number of hydrogen-bond acceptors (Lipinski definition) is 15. The summed E-state index contributed by atoms with van der Waals surface area (Å²) in [6.45, 7) is 9.52. The maximum atomic E-state index is 13.0. The molecule has 0 aliphatic heterocycles. The van der Waals surface area contributed by atoms with Crippen LogP contribution in [0.1, 0.15) is 350 Å². The molecule has 0 aromatic heterocycles. The minimum atomic E-state index is -4.95. The predicted molar refractivity (Wildman–Crippen MR) is 354 cm³/mol. The Labute approximate surface area is 537 Å². The minimum absolute atomic E-state index is 0.105. The summed E-state index contributed by atoms with van der Waals surface area (Å²) in [6, 6.07) is 0. The summed E-state index contributed by atoms with van der Waals surface area (Å²) in [5, 5.41) is 10.6. The number of carbonyl (C=O) groups excluding carboxylic acids is 4. The average molecular weight is 1300 g/mol. The standard InChI is InChI=1S/C69H134O17P2/c1-7-10-12-14-16-18-20-21-23-27-35-41-47-53-68(73)85-64(57-80-67(72)52-46-40-34-28-24-25-31-37-43-49-61(4)5)59-83-87(75,76)81-55-63(70)56-82-88(77,78)84-60-65(58-79-66(71)51-45-39-33-26-22-19-17-15-13-11-8-2)86-69(74)54-48-42-36-30-29-32-38-44-50-62(6)9-3/h61-65,70H,7-60H2,1-6H3,(H,75,76)(H,77,78)/t62?,63-,64-,65-/m1/s1. The third-order valence-electron chi connectivity index (χ3n) is 16.3. The lowest BCUT2D eigenvalue weighted by Crippen LogP contribution is -2.30. The van der Waals surface area contributed by atoms with Crippen molar-refractivity contribution in [1.82, 2.24) is 0 Å². The van der Waals surface area contributed by atoms with E-state index in [2.05, 4.69) is 41.5 Å². The van der Waals surface area contributed by atoms with Gasteiger partial charge in [-0.15, -0.1) is 0 Å². The molecule has 19 heteroatoms. The molecule has 0 bridgehead atoms. The molecule has 17 nitrogen and oxygen atoms in total. The van der Waals surface area contributed by atoms with Gasteiger partial charge in [-0.3, -0.25) is 37.3 Å². The summed E-state index contributed by atoms with van der Waals surface area (Å²) in [5.74, 6) is -0.611. The van der Waals surface area contributed by atoms with Crippen LogP contribution in [0.15, 0.2) is 0 Å². The highest BCUT2D eigenvalue weighted by molar-refractivity contribution is 7.47. The Morgan fingerprint density at radius 1 is 0.330 bits per heavy atom. The normalized spacial score (nSPS) is 14.5. The molecule has 0 aliphatic rings. The smallest absolute Gasteiger partial charge is 0.462 e. The Bertz CT molecular complexity index is 1720. The maximum Gasteiger partial charge on any atom is 0.472 e. The van der Waals surface area contributed by atoms with Crippen molar-refractivity contribution in [3.05, 3.63) is 0 Å². The fourth-order valence-electron chi connectivity index (χ4n) is 10.4. The number of phosphoric acid groups is 2. The van der Waals surface area contributed by atoms with E-state index in [1.807, 2.05) is 0 Å². The van der Waals surface area contributed by atoms with Crippen molar-refractivity contribution >= 4 is 39.5 Å². The molecule has 3 unspecified atom stereocenters. The zero-order chi connectivity index (χ0) is 65.0. The van der Waals surface area contributed by atoms with Crippen LogP contribution in [0, 0.1) is 11.8 Å². The Kier molecular flexibility index (Phi) is 59.9. The van der Waals surface area contributed by atoms with Crippen molar-refractivity contribution in [2.24, 2.45) is 11.8 Å². The van der Waals surface area contributed by atoms with Crippen LogP contribution in [0.4, 0.5) is 0 Å². The fraction of sp³-hybridized carbons (Fsp3) is 0.942. The lowest BCUT2D eigenvalue weighted by atomic mass is 9.99. The lowest BCUT2D eigenvalue weighted by Gasteiger charge is -2.21. The molecule has 0 radical (unpaired) electrons. The zero-order valence-electron chi connectivity index (χ0n) is 57.0. The molecule has 0 aromatic rings. The molecular weight excluding hydrogens is 1160 g/mol. The Morgan fingerprint density at radius 3 is 0.864 bits per heavy atom. The fourth-order valence-corrected chi connectivity index (χ4v) is 12.0. The van der Waals surface area contributed by atoms with E-state index in [4.69, 9.17) is 37.0 Å². The molecule has 0 aromatic carbocycles. The third-order valence-corrected chi connectivity index (χ3v) is 18.2. The van der Waals surface area contributed by atoms with Gasteiger partial charge in [0.25, 0.3) is 0 Å². The first-order valence-electron chi connectivity index (χ1n) is 36.0. The van der Waals surface area contributed by atoms with Gasteiger partial charge in [-0.05, 0) is 37.5 Å². The van der Waals surface area contributed by atoms with Gasteiger partial charge in [-0.25, -0.2) is 9.13 Å². The monoisotopic (exact) mass is 1300 g/mol. The van der Waals surface area contributed by atoms with E-state index in [0.29, 0.717) is 25.7 Å². The molecule has 0 rings (SSSR count). The van der Waals surface area contributed by atoms with Gasteiger partial charge in [0.1, 0.15) is 19.3 Å². The molecule has 88 heavy (non-hydrogen) atoms. The number of carbonyl (C=O) groups is 4. The quantitative estimate of drug-likeness (QED) is 0.0222. The van der Waals surface area contributed by atoms with Crippen molar-refractivity contribution in [3.8, 4) is 0 Å². The van der Waals surface area contributed by atoms with Gasteiger partial charge in [0.05, 0.1) is 26.4 Å². The lowest BCUT2D eigenvalue weighted by molar-refractivity contribution is -0.161. The second kappa shape index (κ2) is 61.3. The molecule has 0 aliphatic carbocycles. The number of unbranched alkanes of at least 4 members (excludes halogenated alkanes) is 37.